The van der Waals surface area contributed by atoms with Crippen LogP contribution >= 0.6 is 0 Å². The summed E-state index contributed by atoms with van der Waals surface area (Å²) >= 11 is 0. The maximum atomic E-state index is 11.5. The number of anilines is 1. The number of hydrazine groups is 1. The molecule has 7 nitrogen and oxygen atoms in total. The molecule has 4 N–H and O–H groups in total. The third kappa shape index (κ3) is 3.72. The summed E-state index contributed by atoms with van der Waals surface area (Å²) in [6, 6.07) is 5.97. The third-order valence-electron chi connectivity index (χ3n) is 2.06. The maximum Gasteiger partial charge on any atom is 0.342 e. The molecule has 1 rings (SSSR count). The fourth-order valence-corrected chi connectivity index (χ4v) is 1.27. The van der Waals surface area contributed by atoms with E-state index in [1.165, 1.54) is 7.05 Å². The molecule has 0 aromatic heterocycles. The van der Waals surface area contributed by atoms with Gasteiger partial charge in [-0.2, -0.15) is 0 Å². The highest BCUT2D eigenvalue weighted by Gasteiger charge is 2.13. The summed E-state index contributed by atoms with van der Waals surface area (Å²) in [6.45, 7) is 0.837. The Morgan fingerprint density at radius 2 is 2.11 bits per heavy atom. The van der Waals surface area contributed by atoms with Crippen LogP contribution in [0, 0.1) is 0 Å². The van der Waals surface area contributed by atoms with Gasteiger partial charge in [-0.15, -0.1) is 0 Å². The highest BCUT2D eigenvalue weighted by molar-refractivity contribution is 6.05. The molecule has 0 aliphatic carbocycles. The molecule has 0 radical (unpaired) electrons. The van der Waals surface area contributed by atoms with Crippen molar-refractivity contribution in [1.82, 2.24) is 10.9 Å². The van der Waals surface area contributed by atoms with Crippen molar-refractivity contribution < 1.29 is 14.3 Å². The van der Waals surface area contributed by atoms with Crippen molar-refractivity contribution in [1.29, 1.82) is 0 Å². The molecule has 0 saturated heterocycles. The first-order valence-corrected chi connectivity index (χ1v) is 5.37. The van der Waals surface area contributed by atoms with Crippen molar-refractivity contribution in [2.24, 2.45) is 5.73 Å². The lowest BCUT2D eigenvalue weighted by molar-refractivity contribution is -0.106. The van der Waals surface area contributed by atoms with Crippen molar-refractivity contribution in [3.63, 3.8) is 0 Å². The summed E-state index contributed by atoms with van der Waals surface area (Å²) in [5, 5.41) is 0. The largest absolute Gasteiger partial charge is 0.492 e. The van der Waals surface area contributed by atoms with Crippen LogP contribution in [0.5, 0.6) is 5.75 Å². The van der Waals surface area contributed by atoms with Gasteiger partial charge in [0.25, 0.3) is 0 Å². The number of nitrogens with one attached hydrogen (secondary N) is 2. The number of nitrogens with two attached hydrogens (primary N) is 1. The molecule has 98 valence electrons. The Hall–Kier alpha value is -2.12. The number of urea groups is 1. The molecular formula is C11H16N4O3. The van der Waals surface area contributed by atoms with Crippen LogP contribution in [0.15, 0.2) is 24.3 Å². The molecule has 1 aromatic rings. The van der Waals surface area contributed by atoms with Crippen molar-refractivity contribution in [3.05, 3.63) is 24.3 Å². The van der Waals surface area contributed by atoms with E-state index in [9.17, 15) is 9.59 Å². The molecule has 0 spiro atoms. The number of ether oxygens (including phenoxy) is 1. The van der Waals surface area contributed by atoms with Crippen molar-refractivity contribution >= 4 is 18.1 Å². The standard InChI is InChI=1S/C11H16N4O3/c1-13-14-11(17)15(8-16)9-2-4-10(5-3-9)18-7-6-12/h2-5,8,13H,6-7,12H2,1H3,(H,14,17). The molecule has 7 heteroatoms. The summed E-state index contributed by atoms with van der Waals surface area (Å²) < 4.78 is 5.29. The zero-order valence-electron chi connectivity index (χ0n) is 10.1. The molecule has 0 heterocycles. The molecule has 0 fully saturated rings. The molecule has 0 saturated carbocycles. The minimum Gasteiger partial charge on any atom is -0.492 e. The van der Waals surface area contributed by atoms with Gasteiger partial charge in [0.15, 0.2) is 0 Å². The minimum atomic E-state index is -0.567. The van der Waals surface area contributed by atoms with E-state index in [0.717, 1.165) is 4.90 Å². The van der Waals surface area contributed by atoms with Gasteiger partial charge in [0.05, 0.1) is 5.69 Å². The van der Waals surface area contributed by atoms with Crippen molar-refractivity contribution in [2.75, 3.05) is 25.1 Å². The van der Waals surface area contributed by atoms with Crippen LogP contribution in [0.2, 0.25) is 0 Å². The summed E-state index contributed by atoms with van der Waals surface area (Å²) in [6.07, 6.45) is 0.433. The van der Waals surface area contributed by atoms with Gasteiger partial charge in [-0.25, -0.2) is 15.1 Å². The number of amides is 3. The van der Waals surface area contributed by atoms with Crippen LogP contribution in [0.1, 0.15) is 0 Å². The van der Waals surface area contributed by atoms with Gasteiger partial charge in [-0.3, -0.25) is 10.2 Å². The zero-order valence-corrected chi connectivity index (χ0v) is 10.1. The Morgan fingerprint density at radius 1 is 1.44 bits per heavy atom. The van der Waals surface area contributed by atoms with Gasteiger partial charge in [0.2, 0.25) is 6.41 Å². The first-order valence-electron chi connectivity index (χ1n) is 5.37. The second kappa shape index (κ2) is 7.25. The Balaban J connectivity index is 2.75. The van der Waals surface area contributed by atoms with Gasteiger partial charge in [-0.05, 0) is 24.3 Å². The van der Waals surface area contributed by atoms with E-state index in [1.54, 1.807) is 24.3 Å². The molecule has 0 aliphatic rings. The monoisotopic (exact) mass is 252 g/mol. The molecular weight excluding hydrogens is 236 g/mol. The average molecular weight is 252 g/mol. The van der Waals surface area contributed by atoms with Crippen molar-refractivity contribution in [2.45, 2.75) is 0 Å². The van der Waals surface area contributed by atoms with Gasteiger partial charge in [0.1, 0.15) is 12.4 Å². The fourth-order valence-electron chi connectivity index (χ4n) is 1.27. The number of benzene rings is 1. The predicted octanol–water partition coefficient (Wildman–Crippen LogP) is -0.169. The van der Waals surface area contributed by atoms with Crippen LogP contribution in [-0.2, 0) is 4.79 Å². The lowest BCUT2D eigenvalue weighted by Gasteiger charge is -2.16. The summed E-state index contributed by atoms with van der Waals surface area (Å²) in [5.41, 5.74) is 10.5. The molecule has 0 atom stereocenters. The van der Waals surface area contributed by atoms with Crippen LogP contribution in [-0.4, -0.2) is 32.6 Å². The van der Waals surface area contributed by atoms with E-state index in [0.29, 0.717) is 31.0 Å². The predicted molar refractivity (Wildman–Crippen MR) is 67.1 cm³/mol. The first-order chi connectivity index (χ1) is 8.72. The normalized spacial score (nSPS) is 9.67. The Bertz CT molecular complexity index is 394. The number of rotatable bonds is 6. The number of carbonyl (C=O) groups is 2. The SMILES string of the molecule is CNNC(=O)N(C=O)c1ccc(OCCN)cc1. The van der Waals surface area contributed by atoms with Gasteiger partial charge in [0, 0.05) is 13.6 Å². The maximum absolute atomic E-state index is 11.5. The van der Waals surface area contributed by atoms with E-state index >= 15 is 0 Å². The molecule has 18 heavy (non-hydrogen) atoms. The number of carbonyl (C=O) groups excluding carboxylic acids is 2. The van der Waals surface area contributed by atoms with Gasteiger partial charge in [-0.1, -0.05) is 0 Å². The van der Waals surface area contributed by atoms with Crippen LogP contribution in [0.25, 0.3) is 0 Å². The van der Waals surface area contributed by atoms with E-state index < -0.39 is 6.03 Å². The molecule has 3 amide bonds. The number of imide groups is 1. The number of nitrogens with zero attached hydrogens (tertiary/aromatic N) is 1. The van der Waals surface area contributed by atoms with Gasteiger partial charge < -0.3 is 10.5 Å². The minimum absolute atomic E-state index is 0.414. The highest BCUT2D eigenvalue weighted by Crippen LogP contribution is 2.18. The number of hydrogen-bond acceptors (Lipinski definition) is 5. The smallest absolute Gasteiger partial charge is 0.342 e. The van der Waals surface area contributed by atoms with Crippen LogP contribution in [0.3, 0.4) is 0 Å². The first kappa shape index (κ1) is 13.9. The second-order valence-electron chi connectivity index (χ2n) is 3.29. The lowest BCUT2D eigenvalue weighted by Crippen LogP contribution is -2.44. The van der Waals surface area contributed by atoms with Crippen LogP contribution < -0.4 is 26.2 Å². The topological polar surface area (TPSA) is 96.7 Å². The fraction of sp³-hybridized carbons (Fsp3) is 0.273. The second-order valence-corrected chi connectivity index (χ2v) is 3.29. The summed E-state index contributed by atoms with van der Waals surface area (Å²) in [7, 11) is 1.53. The Labute approximate surface area is 105 Å². The highest BCUT2D eigenvalue weighted by atomic mass is 16.5. The van der Waals surface area contributed by atoms with Crippen molar-refractivity contribution in [3.8, 4) is 5.75 Å². The summed E-state index contributed by atoms with van der Waals surface area (Å²) in [5.74, 6) is 0.629. The lowest BCUT2D eigenvalue weighted by atomic mass is 10.3. The zero-order chi connectivity index (χ0) is 13.4. The Morgan fingerprint density at radius 3 is 2.61 bits per heavy atom. The van der Waals surface area contributed by atoms with Crippen LogP contribution in [0.4, 0.5) is 10.5 Å². The van der Waals surface area contributed by atoms with Gasteiger partial charge >= 0.3 is 6.03 Å². The molecule has 1 aromatic carbocycles. The average Bonchev–Trinajstić information content (AvgIpc) is 2.39. The molecule has 0 unspecified atom stereocenters. The molecule has 0 bridgehead atoms. The third-order valence-corrected chi connectivity index (χ3v) is 2.06. The number of hydrogen-bond donors (Lipinski definition) is 3. The van der Waals surface area contributed by atoms with E-state index in [4.69, 9.17) is 10.5 Å². The Kier molecular flexibility index (Phi) is 5.62. The quantitative estimate of drug-likeness (QED) is 0.482. The summed E-state index contributed by atoms with van der Waals surface area (Å²) in [4.78, 5) is 23.3. The van der Waals surface area contributed by atoms with E-state index in [-0.39, 0.29) is 0 Å². The van der Waals surface area contributed by atoms with E-state index in [1.807, 2.05) is 0 Å². The van der Waals surface area contributed by atoms with E-state index in [2.05, 4.69) is 10.9 Å². The molecule has 0 aliphatic heterocycles.